The predicted octanol–water partition coefficient (Wildman–Crippen LogP) is 1.23. The minimum Gasteiger partial charge on any atom is -0.390 e. The van der Waals surface area contributed by atoms with Gasteiger partial charge in [-0.3, -0.25) is 4.98 Å². The minimum atomic E-state index is -3.12. The molecule has 0 radical (unpaired) electrons. The van der Waals surface area contributed by atoms with Crippen molar-refractivity contribution in [1.29, 1.82) is 0 Å². The van der Waals surface area contributed by atoms with Gasteiger partial charge in [-0.1, -0.05) is 0 Å². The molecule has 0 unspecified atom stereocenters. The van der Waals surface area contributed by atoms with E-state index in [2.05, 4.69) is 4.98 Å². The Morgan fingerprint density at radius 2 is 2.40 bits per heavy atom. The molecule has 0 spiro atoms. The van der Waals surface area contributed by atoms with Gasteiger partial charge in [0.2, 0.25) is 0 Å². The average Bonchev–Trinajstić information content (AvgIpc) is 2.38. The maximum absolute atomic E-state index is 12.4. The maximum Gasteiger partial charge on any atom is 0.306 e. The summed E-state index contributed by atoms with van der Waals surface area (Å²) in [5.74, 6) is -3.12. The highest BCUT2D eigenvalue weighted by atomic mass is 32.1. The number of rotatable bonds is 2. The van der Waals surface area contributed by atoms with Gasteiger partial charge in [0.25, 0.3) is 0 Å². The smallest absolute Gasteiger partial charge is 0.306 e. The van der Waals surface area contributed by atoms with Crippen LogP contribution in [0.2, 0.25) is 0 Å². The van der Waals surface area contributed by atoms with Crippen molar-refractivity contribution in [2.75, 3.05) is 6.61 Å². The molecule has 1 heterocycles. The van der Waals surface area contributed by atoms with Gasteiger partial charge in [0.15, 0.2) is 0 Å². The highest BCUT2D eigenvalue weighted by Gasteiger charge is 2.31. The van der Waals surface area contributed by atoms with Gasteiger partial charge >= 0.3 is 5.92 Å². The van der Waals surface area contributed by atoms with Gasteiger partial charge in [-0.2, -0.15) is 8.78 Å². The summed E-state index contributed by atoms with van der Waals surface area (Å²) in [7, 11) is 0. The van der Waals surface area contributed by atoms with Crippen LogP contribution in [0.5, 0.6) is 0 Å². The number of aliphatic hydroxyl groups excluding tert-OH is 1. The molecular weight excluding hydrogens is 160 g/mol. The second kappa shape index (κ2) is 2.59. The summed E-state index contributed by atoms with van der Waals surface area (Å²) in [5, 5.41) is 8.19. The van der Waals surface area contributed by atoms with E-state index in [9.17, 15) is 8.78 Å². The Morgan fingerprint density at radius 3 is 2.80 bits per heavy atom. The molecule has 0 aliphatic rings. The van der Waals surface area contributed by atoms with Crippen LogP contribution in [0.15, 0.2) is 11.7 Å². The van der Waals surface area contributed by atoms with Crippen molar-refractivity contribution < 1.29 is 13.9 Å². The fraction of sp³-hybridized carbons (Fsp3) is 0.400. The van der Waals surface area contributed by atoms with Crippen molar-refractivity contribution in [1.82, 2.24) is 4.98 Å². The molecule has 1 rings (SSSR count). The number of nitrogens with zero attached hydrogens (tertiary/aromatic N) is 1. The van der Waals surface area contributed by atoms with Gasteiger partial charge in [0, 0.05) is 6.20 Å². The Labute approximate surface area is 60.1 Å². The third-order valence-corrected chi connectivity index (χ3v) is 1.88. The first-order chi connectivity index (χ1) is 4.67. The van der Waals surface area contributed by atoms with Crippen molar-refractivity contribution in [3.63, 3.8) is 0 Å². The van der Waals surface area contributed by atoms with Crippen LogP contribution in [0.4, 0.5) is 8.78 Å². The zero-order valence-corrected chi connectivity index (χ0v) is 5.74. The zero-order chi connectivity index (χ0) is 7.61. The third-order valence-electron chi connectivity index (χ3n) is 0.991. The molecule has 0 bridgehead atoms. The molecular formula is C5H5F2NOS. The van der Waals surface area contributed by atoms with Crippen molar-refractivity contribution in [3.8, 4) is 0 Å². The lowest BCUT2D eigenvalue weighted by molar-refractivity contribution is -0.0525. The van der Waals surface area contributed by atoms with Gasteiger partial charge in [-0.05, 0) is 0 Å². The van der Waals surface area contributed by atoms with E-state index in [1.165, 1.54) is 5.51 Å². The number of hydrogen-bond donors (Lipinski definition) is 1. The topological polar surface area (TPSA) is 33.1 Å². The molecule has 1 N–H and O–H groups in total. The molecule has 56 valence electrons. The third kappa shape index (κ3) is 1.30. The molecule has 1 aromatic heterocycles. The number of thiazole rings is 1. The van der Waals surface area contributed by atoms with Crippen LogP contribution in [0.3, 0.4) is 0 Å². The number of hydrogen-bond acceptors (Lipinski definition) is 3. The largest absolute Gasteiger partial charge is 0.390 e. The molecule has 2 nitrogen and oxygen atoms in total. The Hall–Kier alpha value is -0.550. The quantitative estimate of drug-likeness (QED) is 0.714. The van der Waals surface area contributed by atoms with Crippen molar-refractivity contribution >= 4 is 11.3 Å². The van der Waals surface area contributed by atoms with E-state index >= 15 is 0 Å². The van der Waals surface area contributed by atoms with Gasteiger partial charge in [-0.15, -0.1) is 11.3 Å². The van der Waals surface area contributed by atoms with Gasteiger partial charge in [0.05, 0.1) is 10.4 Å². The van der Waals surface area contributed by atoms with Crippen LogP contribution in [0.25, 0.3) is 0 Å². The van der Waals surface area contributed by atoms with E-state index in [1.807, 2.05) is 0 Å². The lowest BCUT2D eigenvalue weighted by atomic mass is 10.3. The molecule has 0 aliphatic carbocycles. The van der Waals surface area contributed by atoms with Crippen LogP contribution in [-0.2, 0) is 5.92 Å². The van der Waals surface area contributed by atoms with Gasteiger partial charge < -0.3 is 5.11 Å². The number of halogens is 2. The predicted molar refractivity (Wildman–Crippen MR) is 33.1 cm³/mol. The monoisotopic (exact) mass is 165 g/mol. The molecule has 0 aromatic carbocycles. The molecule has 5 heteroatoms. The summed E-state index contributed by atoms with van der Waals surface area (Å²) in [6.07, 6.45) is 1.06. The summed E-state index contributed by atoms with van der Waals surface area (Å²) in [4.78, 5) is 3.26. The Bertz CT molecular complexity index is 199. The fourth-order valence-corrected chi connectivity index (χ4v) is 1.07. The maximum atomic E-state index is 12.4. The Balaban J connectivity index is 2.85. The first-order valence-electron chi connectivity index (χ1n) is 2.54. The molecule has 0 fully saturated rings. The Morgan fingerprint density at radius 1 is 1.70 bits per heavy atom. The van der Waals surface area contributed by atoms with Crippen LogP contribution >= 0.6 is 11.3 Å². The van der Waals surface area contributed by atoms with Crippen molar-refractivity contribution in [2.45, 2.75) is 5.92 Å². The van der Waals surface area contributed by atoms with Gasteiger partial charge in [-0.25, -0.2) is 0 Å². The summed E-state index contributed by atoms with van der Waals surface area (Å²) in [6, 6.07) is 0. The van der Waals surface area contributed by atoms with E-state index in [1.54, 1.807) is 0 Å². The van der Waals surface area contributed by atoms with E-state index in [4.69, 9.17) is 5.11 Å². The van der Waals surface area contributed by atoms with Crippen LogP contribution in [0, 0.1) is 0 Å². The summed E-state index contributed by atoms with van der Waals surface area (Å²) in [6.45, 7) is -1.16. The molecule has 0 saturated heterocycles. The summed E-state index contributed by atoms with van der Waals surface area (Å²) in [5.41, 5.74) is 1.30. The van der Waals surface area contributed by atoms with Crippen LogP contribution < -0.4 is 0 Å². The number of alkyl halides is 2. The lowest BCUT2D eigenvalue weighted by Crippen LogP contribution is -2.16. The molecule has 10 heavy (non-hydrogen) atoms. The second-order valence-electron chi connectivity index (χ2n) is 1.73. The van der Waals surface area contributed by atoms with E-state index in [0.29, 0.717) is 0 Å². The van der Waals surface area contributed by atoms with Gasteiger partial charge in [0.1, 0.15) is 6.61 Å². The second-order valence-corrected chi connectivity index (χ2v) is 2.61. The normalized spacial score (nSPS) is 11.9. The molecule has 0 aliphatic heterocycles. The van der Waals surface area contributed by atoms with E-state index in [-0.39, 0.29) is 4.88 Å². The average molecular weight is 165 g/mol. The van der Waals surface area contributed by atoms with E-state index in [0.717, 1.165) is 17.5 Å². The van der Waals surface area contributed by atoms with Crippen molar-refractivity contribution in [3.05, 3.63) is 16.6 Å². The fourth-order valence-electron chi connectivity index (χ4n) is 0.474. The van der Waals surface area contributed by atoms with E-state index < -0.39 is 12.5 Å². The first kappa shape index (κ1) is 7.56. The highest BCUT2D eigenvalue weighted by Crippen LogP contribution is 2.29. The SMILES string of the molecule is OCC(F)(F)c1cncs1. The van der Waals surface area contributed by atoms with Crippen molar-refractivity contribution in [2.24, 2.45) is 0 Å². The summed E-state index contributed by atoms with van der Waals surface area (Å²) < 4.78 is 24.9. The molecule has 1 aromatic rings. The number of aromatic nitrogens is 1. The zero-order valence-electron chi connectivity index (χ0n) is 4.92. The standard InChI is InChI=1S/C5H5F2NOS/c6-5(7,2-9)4-1-8-3-10-4/h1,3,9H,2H2. The number of aliphatic hydroxyl groups is 1. The molecule has 0 saturated carbocycles. The lowest BCUT2D eigenvalue weighted by Gasteiger charge is -2.08. The minimum absolute atomic E-state index is 0.199. The molecule has 0 amide bonds. The van der Waals surface area contributed by atoms with Crippen LogP contribution in [0.1, 0.15) is 4.88 Å². The Kier molecular flexibility index (Phi) is 1.96. The summed E-state index contributed by atoms with van der Waals surface area (Å²) >= 11 is 0.833. The molecule has 0 atom stereocenters. The highest BCUT2D eigenvalue weighted by molar-refractivity contribution is 7.09. The van der Waals surface area contributed by atoms with Crippen LogP contribution in [-0.4, -0.2) is 16.7 Å². The first-order valence-corrected chi connectivity index (χ1v) is 3.42.